The first-order valence-corrected chi connectivity index (χ1v) is 19.1. The molecule has 0 fully saturated rings. The van der Waals surface area contributed by atoms with Crippen molar-refractivity contribution < 1.29 is 57.0 Å². The quantitative estimate of drug-likeness (QED) is 0.0663. The van der Waals surface area contributed by atoms with Gasteiger partial charge in [0.25, 0.3) is 0 Å². The summed E-state index contributed by atoms with van der Waals surface area (Å²) in [6, 6.07) is 17.0. The third-order valence-corrected chi connectivity index (χ3v) is 7.92. The number of esters is 2. The zero-order valence-corrected chi connectivity index (χ0v) is 33.7. The van der Waals surface area contributed by atoms with Crippen molar-refractivity contribution in [1.82, 2.24) is 0 Å². The molecule has 0 atom stereocenters. The van der Waals surface area contributed by atoms with Gasteiger partial charge in [-0.1, -0.05) is 90.1 Å². The molecule has 0 aliphatic heterocycles. The molecule has 306 valence electrons. The molecule has 0 aromatic heterocycles. The van der Waals surface area contributed by atoms with Gasteiger partial charge in [0.2, 0.25) is 0 Å². The lowest BCUT2D eigenvalue weighted by Crippen LogP contribution is -2.16. The smallest absolute Gasteiger partial charge is 0.306 e. The van der Waals surface area contributed by atoms with Crippen LogP contribution in [0.1, 0.15) is 76.6 Å². The van der Waals surface area contributed by atoms with E-state index in [9.17, 15) is 9.59 Å². The van der Waals surface area contributed by atoms with Gasteiger partial charge in [-0.15, -0.1) is 0 Å². The molecule has 0 spiro atoms. The highest BCUT2D eigenvalue weighted by Crippen LogP contribution is 2.23. The molecule has 0 heterocycles. The first-order chi connectivity index (χ1) is 25.9. The highest BCUT2D eigenvalue weighted by molar-refractivity contribution is 5.77. The van der Waals surface area contributed by atoms with Crippen molar-refractivity contribution in [3.8, 4) is 0 Å². The Morgan fingerprint density at radius 1 is 0.370 bits per heavy atom. The Morgan fingerprint density at radius 3 is 0.870 bits per heavy atom. The van der Waals surface area contributed by atoms with Gasteiger partial charge in [0, 0.05) is 0 Å². The van der Waals surface area contributed by atoms with Crippen LogP contribution in [0.3, 0.4) is 0 Å². The maximum Gasteiger partial charge on any atom is 0.306 e. The standard InChI is InChI=1S/C42H66O12/c1-41(2,3)37-11-7-35(8-12-37)33-51-27-25-47-19-17-45-21-23-49-29-31-53-39(43)15-16-40(44)54-32-30-50-24-22-46-18-20-48-26-28-52-34-36-9-13-38(14-10-36)42(4,5)6/h7-14H,15-34H2,1-6H3. The van der Waals surface area contributed by atoms with Crippen LogP contribution >= 0.6 is 0 Å². The zero-order valence-electron chi connectivity index (χ0n) is 33.7. The number of benzene rings is 2. The van der Waals surface area contributed by atoms with Crippen LogP contribution in [0.15, 0.2) is 48.5 Å². The predicted molar refractivity (Wildman–Crippen MR) is 206 cm³/mol. The van der Waals surface area contributed by atoms with Gasteiger partial charge in [0.1, 0.15) is 13.2 Å². The third kappa shape index (κ3) is 24.5. The van der Waals surface area contributed by atoms with Crippen LogP contribution in [-0.2, 0) is 81.0 Å². The fourth-order valence-corrected chi connectivity index (χ4v) is 4.68. The van der Waals surface area contributed by atoms with Gasteiger partial charge in [-0.3, -0.25) is 9.59 Å². The molecule has 0 aliphatic rings. The normalized spacial score (nSPS) is 11.9. The molecule has 0 aliphatic carbocycles. The van der Waals surface area contributed by atoms with Crippen LogP contribution in [0, 0.1) is 0 Å². The van der Waals surface area contributed by atoms with Gasteiger partial charge in [-0.25, -0.2) is 0 Å². The molecule has 0 amide bonds. The Kier molecular flexibility index (Phi) is 24.9. The van der Waals surface area contributed by atoms with Crippen LogP contribution in [0.2, 0.25) is 0 Å². The molecule has 2 aromatic carbocycles. The van der Waals surface area contributed by atoms with E-state index >= 15 is 0 Å². The predicted octanol–water partition coefficient (Wildman–Crippen LogP) is 5.98. The average Bonchev–Trinajstić information content (AvgIpc) is 3.13. The molecular weight excluding hydrogens is 696 g/mol. The van der Waals surface area contributed by atoms with Crippen molar-refractivity contribution in [2.45, 2.75) is 78.4 Å². The molecular formula is C42H66O12. The lowest BCUT2D eigenvalue weighted by atomic mass is 9.87. The Morgan fingerprint density at radius 2 is 0.611 bits per heavy atom. The largest absolute Gasteiger partial charge is 0.463 e. The van der Waals surface area contributed by atoms with Gasteiger partial charge in [0.15, 0.2) is 0 Å². The van der Waals surface area contributed by atoms with Crippen LogP contribution in [0.5, 0.6) is 0 Å². The number of carbonyl (C=O) groups is 2. The van der Waals surface area contributed by atoms with Crippen molar-refractivity contribution in [2.75, 3.05) is 106 Å². The second-order valence-corrected chi connectivity index (χ2v) is 14.6. The lowest BCUT2D eigenvalue weighted by molar-refractivity contribution is -0.152. The summed E-state index contributed by atoms with van der Waals surface area (Å²) in [5.74, 6) is -0.976. The van der Waals surface area contributed by atoms with Gasteiger partial charge in [-0.05, 0) is 33.1 Å². The van der Waals surface area contributed by atoms with Crippen molar-refractivity contribution in [3.05, 3.63) is 70.8 Å². The van der Waals surface area contributed by atoms with Gasteiger partial charge >= 0.3 is 11.9 Å². The van der Waals surface area contributed by atoms with Crippen LogP contribution in [0.25, 0.3) is 0 Å². The summed E-state index contributed by atoms with van der Waals surface area (Å²) in [4.78, 5) is 23.7. The van der Waals surface area contributed by atoms with Crippen LogP contribution in [-0.4, -0.2) is 118 Å². The van der Waals surface area contributed by atoms with Gasteiger partial charge in [-0.2, -0.15) is 0 Å². The Hall–Kier alpha value is -2.94. The highest BCUT2D eigenvalue weighted by Gasteiger charge is 2.14. The summed E-state index contributed by atoms with van der Waals surface area (Å²) in [6.07, 6.45) is -0.127. The number of carbonyl (C=O) groups excluding carboxylic acids is 2. The summed E-state index contributed by atoms with van der Waals surface area (Å²) in [5.41, 5.74) is 5.18. The second kappa shape index (κ2) is 28.5. The van der Waals surface area contributed by atoms with Gasteiger partial charge in [0.05, 0.1) is 119 Å². The van der Waals surface area contributed by atoms with E-state index in [-0.39, 0.29) is 50.1 Å². The summed E-state index contributed by atoms with van der Waals surface area (Å²) < 4.78 is 54.3. The van der Waals surface area contributed by atoms with E-state index in [1.54, 1.807) is 0 Å². The summed E-state index contributed by atoms with van der Waals surface area (Å²) >= 11 is 0. The fourth-order valence-electron chi connectivity index (χ4n) is 4.68. The molecule has 0 radical (unpaired) electrons. The minimum Gasteiger partial charge on any atom is -0.463 e. The number of rotatable bonds is 31. The molecule has 0 bridgehead atoms. The zero-order chi connectivity index (χ0) is 39.3. The monoisotopic (exact) mass is 762 g/mol. The maximum absolute atomic E-state index is 11.9. The van der Waals surface area contributed by atoms with E-state index in [0.29, 0.717) is 92.5 Å². The average molecular weight is 763 g/mol. The number of hydrogen-bond donors (Lipinski definition) is 0. The van der Waals surface area contributed by atoms with Crippen LogP contribution in [0.4, 0.5) is 0 Å². The molecule has 2 aromatic rings. The Bertz CT molecular complexity index is 1140. The Balaban J connectivity index is 1.25. The summed E-state index contributed by atoms with van der Waals surface area (Å²) in [7, 11) is 0. The van der Waals surface area contributed by atoms with E-state index in [0.717, 1.165) is 11.1 Å². The van der Waals surface area contributed by atoms with E-state index in [1.807, 2.05) is 0 Å². The summed E-state index contributed by atoms with van der Waals surface area (Å²) in [6.45, 7) is 20.4. The SMILES string of the molecule is CC(C)(C)c1ccc(COCCOCCOCCOCCOC(=O)CCC(=O)OCCOCCOCCOCCOCc2ccc(C(C)(C)C)cc2)cc1. The number of hydrogen-bond acceptors (Lipinski definition) is 12. The van der Waals surface area contributed by atoms with Crippen molar-refractivity contribution in [1.29, 1.82) is 0 Å². The van der Waals surface area contributed by atoms with E-state index < -0.39 is 11.9 Å². The molecule has 12 heteroatoms. The molecule has 0 N–H and O–H groups in total. The van der Waals surface area contributed by atoms with E-state index in [4.69, 9.17) is 47.4 Å². The Labute approximate surface area is 323 Å². The van der Waals surface area contributed by atoms with Gasteiger partial charge < -0.3 is 47.4 Å². The molecule has 12 nitrogen and oxygen atoms in total. The first kappa shape index (κ1) is 47.2. The molecule has 54 heavy (non-hydrogen) atoms. The topological polar surface area (TPSA) is 126 Å². The number of ether oxygens (including phenoxy) is 10. The second-order valence-electron chi connectivity index (χ2n) is 14.6. The van der Waals surface area contributed by atoms with Crippen molar-refractivity contribution >= 4 is 11.9 Å². The summed E-state index contributed by atoms with van der Waals surface area (Å²) in [5, 5.41) is 0. The first-order valence-electron chi connectivity index (χ1n) is 19.1. The maximum atomic E-state index is 11.9. The third-order valence-electron chi connectivity index (χ3n) is 7.92. The van der Waals surface area contributed by atoms with E-state index in [1.165, 1.54) is 11.1 Å². The molecule has 0 unspecified atom stereocenters. The minimum atomic E-state index is -0.488. The molecule has 2 rings (SSSR count). The fraction of sp³-hybridized carbons (Fsp3) is 0.667. The molecule has 0 saturated heterocycles. The minimum absolute atomic E-state index is 0.0636. The van der Waals surface area contributed by atoms with Crippen molar-refractivity contribution in [3.63, 3.8) is 0 Å². The van der Waals surface area contributed by atoms with Crippen molar-refractivity contribution in [2.24, 2.45) is 0 Å². The highest BCUT2D eigenvalue weighted by atomic mass is 16.6. The molecule has 0 saturated carbocycles. The lowest BCUT2D eigenvalue weighted by Gasteiger charge is -2.19. The van der Waals surface area contributed by atoms with Crippen LogP contribution < -0.4 is 0 Å². The van der Waals surface area contributed by atoms with E-state index in [2.05, 4.69) is 90.1 Å².